The van der Waals surface area contributed by atoms with Gasteiger partial charge in [-0.3, -0.25) is 4.79 Å². The van der Waals surface area contributed by atoms with Crippen molar-refractivity contribution in [3.63, 3.8) is 0 Å². The van der Waals surface area contributed by atoms with Crippen molar-refractivity contribution in [2.45, 2.75) is 52.4 Å². The van der Waals surface area contributed by atoms with E-state index in [1.807, 2.05) is 0 Å². The first-order valence-electron chi connectivity index (χ1n) is 8.18. The van der Waals surface area contributed by atoms with E-state index in [-0.39, 0.29) is 24.4 Å². The Hall–Kier alpha value is -1.32. The number of ether oxygens (including phenoxy) is 1. The summed E-state index contributed by atoms with van der Waals surface area (Å²) in [5, 5.41) is 2.78. The summed E-state index contributed by atoms with van der Waals surface area (Å²) in [4.78, 5) is 23.8. The van der Waals surface area contributed by atoms with Gasteiger partial charge in [-0.05, 0) is 38.0 Å². The molecule has 1 amide bonds. The van der Waals surface area contributed by atoms with Gasteiger partial charge in [0.2, 0.25) is 0 Å². The Morgan fingerprint density at radius 2 is 2.10 bits per heavy atom. The lowest BCUT2D eigenvalue weighted by atomic mass is 9.73. The molecular formula is C17H27NO3. The first kappa shape index (κ1) is 16.1. The second-order valence-electron chi connectivity index (χ2n) is 6.47. The molecule has 1 fully saturated rings. The minimum atomic E-state index is -0.473. The van der Waals surface area contributed by atoms with Crippen LogP contribution in [-0.2, 0) is 9.53 Å². The molecule has 0 radical (unpaired) electrons. The zero-order chi connectivity index (χ0) is 15.3. The quantitative estimate of drug-likeness (QED) is 0.551. The van der Waals surface area contributed by atoms with Crippen LogP contribution in [0.1, 0.15) is 52.4 Å². The Bertz CT molecular complexity index is 418. The van der Waals surface area contributed by atoms with E-state index >= 15 is 0 Å². The molecule has 0 aromatic heterocycles. The first-order valence-corrected chi connectivity index (χ1v) is 8.18. The van der Waals surface area contributed by atoms with Gasteiger partial charge in [-0.2, -0.15) is 0 Å². The second-order valence-corrected chi connectivity index (χ2v) is 6.47. The lowest BCUT2D eigenvalue weighted by Gasteiger charge is -2.32. The number of alkyl carbamates (subject to hydrolysis) is 1. The van der Waals surface area contributed by atoms with Crippen LogP contribution in [0.2, 0.25) is 0 Å². The highest BCUT2D eigenvalue weighted by Crippen LogP contribution is 2.52. The molecular weight excluding hydrogens is 266 g/mol. The molecule has 0 heterocycles. The molecule has 4 heteroatoms. The largest absolute Gasteiger partial charge is 0.448 e. The van der Waals surface area contributed by atoms with Gasteiger partial charge in [0.15, 0.2) is 0 Å². The van der Waals surface area contributed by atoms with Crippen molar-refractivity contribution < 1.29 is 14.3 Å². The average Bonchev–Trinajstić information content (AvgIpc) is 3.06. The number of carbonyl (C=O) groups excluding carboxylic acids is 2. The van der Waals surface area contributed by atoms with Crippen LogP contribution in [0.5, 0.6) is 0 Å². The van der Waals surface area contributed by atoms with Gasteiger partial charge in [-0.1, -0.05) is 38.3 Å². The number of nitrogens with one attached hydrogen (secondary N) is 1. The summed E-state index contributed by atoms with van der Waals surface area (Å²) in [7, 11) is 0. The average molecular weight is 293 g/mol. The van der Waals surface area contributed by atoms with Gasteiger partial charge in [0.1, 0.15) is 12.4 Å². The lowest BCUT2D eigenvalue weighted by molar-refractivity contribution is -0.130. The van der Waals surface area contributed by atoms with Gasteiger partial charge in [-0.25, -0.2) is 4.79 Å². The summed E-state index contributed by atoms with van der Waals surface area (Å²) in [6, 6.07) is 0. The number of carbonyl (C=O) groups is 2. The van der Waals surface area contributed by atoms with E-state index in [9.17, 15) is 9.59 Å². The summed E-state index contributed by atoms with van der Waals surface area (Å²) in [6.45, 7) is 4.65. The van der Waals surface area contributed by atoms with Gasteiger partial charge in [0, 0.05) is 6.54 Å². The summed E-state index contributed by atoms with van der Waals surface area (Å²) in [5.74, 6) is 0.882. The Labute approximate surface area is 127 Å². The van der Waals surface area contributed by atoms with Crippen molar-refractivity contribution in [1.29, 1.82) is 0 Å². The molecule has 3 atom stereocenters. The van der Waals surface area contributed by atoms with Crippen LogP contribution < -0.4 is 5.32 Å². The fraction of sp³-hybridized carbons (Fsp3) is 0.765. The molecule has 0 aromatic rings. The third-order valence-corrected chi connectivity index (χ3v) is 4.97. The fourth-order valence-electron chi connectivity index (χ4n) is 3.61. The molecule has 118 valence electrons. The monoisotopic (exact) mass is 293 g/mol. The maximum Gasteiger partial charge on any atom is 0.407 e. The number of allylic oxidation sites excluding steroid dienone is 2. The number of amides is 1. The highest BCUT2D eigenvalue weighted by atomic mass is 16.5. The van der Waals surface area contributed by atoms with E-state index in [0.29, 0.717) is 12.5 Å². The first-order chi connectivity index (χ1) is 10.1. The fourth-order valence-corrected chi connectivity index (χ4v) is 3.61. The molecule has 2 aliphatic carbocycles. The van der Waals surface area contributed by atoms with Crippen molar-refractivity contribution in [2.75, 3.05) is 13.2 Å². The molecule has 1 saturated carbocycles. The predicted molar refractivity (Wildman–Crippen MR) is 82.0 cm³/mol. The molecule has 2 rings (SSSR count). The van der Waals surface area contributed by atoms with Crippen molar-refractivity contribution in [3.8, 4) is 0 Å². The topological polar surface area (TPSA) is 55.4 Å². The second kappa shape index (κ2) is 7.10. The van der Waals surface area contributed by atoms with Crippen molar-refractivity contribution >= 4 is 11.9 Å². The summed E-state index contributed by atoms with van der Waals surface area (Å²) >= 11 is 0. The molecule has 2 aliphatic rings. The summed E-state index contributed by atoms with van der Waals surface area (Å²) in [5.41, 5.74) is -0.473. The lowest BCUT2D eigenvalue weighted by Crippen LogP contribution is -2.40. The molecule has 1 N–H and O–H groups in total. The number of ketones is 1. The van der Waals surface area contributed by atoms with E-state index in [1.54, 1.807) is 6.92 Å². The van der Waals surface area contributed by atoms with Crippen LogP contribution in [0.4, 0.5) is 4.79 Å². The van der Waals surface area contributed by atoms with Gasteiger partial charge in [0.05, 0.1) is 5.41 Å². The molecule has 3 unspecified atom stereocenters. The van der Waals surface area contributed by atoms with E-state index < -0.39 is 5.41 Å². The molecule has 0 aromatic carbocycles. The molecule has 4 nitrogen and oxygen atoms in total. The normalized spacial score (nSPS) is 29.6. The number of unbranched alkanes of at least 4 members (excludes halogenated alkanes) is 3. The Balaban J connectivity index is 1.74. The van der Waals surface area contributed by atoms with Crippen LogP contribution in [0.3, 0.4) is 0 Å². The molecule has 2 bridgehead atoms. The highest BCUT2D eigenvalue weighted by Gasteiger charge is 2.52. The summed E-state index contributed by atoms with van der Waals surface area (Å²) < 4.78 is 5.35. The van der Waals surface area contributed by atoms with Gasteiger partial charge in [0.25, 0.3) is 0 Å². The summed E-state index contributed by atoms with van der Waals surface area (Å²) in [6.07, 6.45) is 10.3. The number of Topliss-reactive ketones (excluding diaryl/α,β-unsaturated/α-hetero) is 1. The number of fused-ring (bicyclic) bond motifs is 2. The Morgan fingerprint density at radius 3 is 2.67 bits per heavy atom. The zero-order valence-electron chi connectivity index (χ0n) is 13.2. The molecule has 0 saturated heterocycles. The molecule has 0 aliphatic heterocycles. The predicted octanol–water partition coefficient (Wildman–Crippen LogP) is 3.46. The third kappa shape index (κ3) is 3.66. The van der Waals surface area contributed by atoms with Crippen LogP contribution >= 0.6 is 0 Å². The number of hydrogen-bond acceptors (Lipinski definition) is 3. The van der Waals surface area contributed by atoms with Gasteiger partial charge >= 0.3 is 6.09 Å². The zero-order valence-corrected chi connectivity index (χ0v) is 13.2. The van der Waals surface area contributed by atoms with Crippen LogP contribution in [-0.4, -0.2) is 25.0 Å². The highest BCUT2D eigenvalue weighted by molar-refractivity contribution is 5.84. The van der Waals surface area contributed by atoms with E-state index in [0.717, 1.165) is 25.7 Å². The standard InChI is InChI=1S/C17H27NO3/c1-3-4-5-6-9-18-16(20)21-12-17(13(2)19)11-14-7-8-15(17)10-14/h7-8,14-15H,3-6,9-12H2,1-2H3,(H,18,20). The van der Waals surface area contributed by atoms with Crippen LogP contribution in [0, 0.1) is 17.3 Å². The third-order valence-electron chi connectivity index (χ3n) is 4.97. The molecule has 0 spiro atoms. The Morgan fingerprint density at radius 1 is 1.29 bits per heavy atom. The number of hydrogen-bond donors (Lipinski definition) is 1. The van der Waals surface area contributed by atoms with E-state index in [2.05, 4.69) is 24.4 Å². The SMILES string of the molecule is CCCCCCNC(=O)OCC1(C(C)=O)CC2C=CC1C2. The Kier molecular flexibility index (Phi) is 5.43. The van der Waals surface area contributed by atoms with Crippen molar-refractivity contribution in [3.05, 3.63) is 12.2 Å². The maximum absolute atomic E-state index is 12.1. The van der Waals surface area contributed by atoms with Gasteiger partial charge in [-0.15, -0.1) is 0 Å². The minimum Gasteiger partial charge on any atom is -0.448 e. The minimum absolute atomic E-state index is 0.148. The van der Waals surface area contributed by atoms with Crippen molar-refractivity contribution in [2.24, 2.45) is 17.3 Å². The van der Waals surface area contributed by atoms with Crippen molar-refractivity contribution in [1.82, 2.24) is 5.32 Å². The van der Waals surface area contributed by atoms with E-state index in [1.165, 1.54) is 12.8 Å². The van der Waals surface area contributed by atoms with Gasteiger partial charge < -0.3 is 10.1 Å². The maximum atomic E-state index is 12.1. The van der Waals surface area contributed by atoms with E-state index in [4.69, 9.17) is 4.74 Å². The number of rotatable bonds is 8. The van der Waals surface area contributed by atoms with Crippen LogP contribution in [0.15, 0.2) is 12.2 Å². The van der Waals surface area contributed by atoms with Crippen LogP contribution in [0.25, 0.3) is 0 Å². The smallest absolute Gasteiger partial charge is 0.407 e. The molecule has 21 heavy (non-hydrogen) atoms.